The molecule has 1 fully saturated rings. The molecule has 1 aliphatic rings. The second-order valence-corrected chi connectivity index (χ2v) is 3.60. The fourth-order valence-corrected chi connectivity index (χ4v) is 1.82. The SMILES string of the molecule is COC1(C(F)(F)F)CCC(C#N)CC1. The van der Waals surface area contributed by atoms with E-state index in [1.165, 1.54) is 0 Å². The first-order valence-corrected chi connectivity index (χ1v) is 4.47. The van der Waals surface area contributed by atoms with E-state index in [2.05, 4.69) is 4.74 Å². The van der Waals surface area contributed by atoms with Crippen molar-refractivity contribution in [2.75, 3.05) is 7.11 Å². The van der Waals surface area contributed by atoms with Crippen LogP contribution in [-0.4, -0.2) is 18.9 Å². The molecule has 1 aliphatic carbocycles. The lowest BCUT2D eigenvalue weighted by Gasteiger charge is -2.38. The van der Waals surface area contributed by atoms with Gasteiger partial charge in [-0.3, -0.25) is 0 Å². The van der Waals surface area contributed by atoms with Crippen LogP contribution >= 0.6 is 0 Å². The molecule has 2 nitrogen and oxygen atoms in total. The number of nitriles is 1. The molecule has 0 spiro atoms. The Balaban J connectivity index is 2.72. The van der Waals surface area contributed by atoms with Gasteiger partial charge < -0.3 is 4.74 Å². The lowest BCUT2D eigenvalue weighted by molar-refractivity contribution is -0.280. The molecular formula is C9H12F3NO. The van der Waals surface area contributed by atoms with E-state index >= 15 is 0 Å². The average Bonchev–Trinajstić information content (AvgIpc) is 2.16. The Hall–Kier alpha value is -0.760. The van der Waals surface area contributed by atoms with Crippen LogP contribution in [0.2, 0.25) is 0 Å². The third-order valence-corrected chi connectivity index (χ3v) is 2.88. The normalized spacial score (nSPS) is 33.8. The third-order valence-electron chi connectivity index (χ3n) is 2.88. The van der Waals surface area contributed by atoms with Gasteiger partial charge >= 0.3 is 6.18 Å². The Labute approximate surface area is 80.7 Å². The molecule has 0 aromatic carbocycles. The Kier molecular flexibility index (Phi) is 3.05. The van der Waals surface area contributed by atoms with Crippen molar-refractivity contribution in [3.8, 4) is 6.07 Å². The molecule has 5 heteroatoms. The van der Waals surface area contributed by atoms with Crippen molar-refractivity contribution in [2.45, 2.75) is 37.5 Å². The fourth-order valence-electron chi connectivity index (χ4n) is 1.82. The zero-order valence-electron chi connectivity index (χ0n) is 7.90. The Morgan fingerprint density at radius 1 is 1.36 bits per heavy atom. The number of nitrogens with zero attached hydrogens (tertiary/aromatic N) is 1. The molecule has 0 heterocycles. The maximum atomic E-state index is 12.6. The first-order chi connectivity index (χ1) is 6.45. The monoisotopic (exact) mass is 207 g/mol. The van der Waals surface area contributed by atoms with Crippen LogP contribution in [0.3, 0.4) is 0 Å². The minimum atomic E-state index is -4.33. The van der Waals surface area contributed by atoms with E-state index in [9.17, 15) is 13.2 Å². The summed E-state index contributed by atoms with van der Waals surface area (Å²) in [6.45, 7) is 0. The lowest BCUT2D eigenvalue weighted by Crippen LogP contribution is -2.49. The highest BCUT2D eigenvalue weighted by molar-refractivity contribution is 4.97. The number of ether oxygens (including phenoxy) is 1. The number of methoxy groups -OCH3 is 1. The molecule has 1 rings (SSSR count). The summed E-state index contributed by atoms with van der Waals surface area (Å²) < 4.78 is 42.5. The van der Waals surface area contributed by atoms with Gasteiger partial charge in [-0.15, -0.1) is 0 Å². The largest absolute Gasteiger partial charge is 0.417 e. The number of rotatable bonds is 1. The van der Waals surface area contributed by atoms with Gasteiger partial charge in [-0.25, -0.2) is 0 Å². The quantitative estimate of drug-likeness (QED) is 0.662. The van der Waals surface area contributed by atoms with Gasteiger partial charge in [0.1, 0.15) is 0 Å². The van der Waals surface area contributed by atoms with Crippen LogP contribution in [-0.2, 0) is 4.74 Å². The minimum Gasteiger partial charge on any atom is -0.369 e. The Morgan fingerprint density at radius 3 is 2.14 bits per heavy atom. The molecule has 0 unspecified atom stereocenters. The van der Waals surface area contributed by atoms with E-state index in [0.29, 0.717) is 0 Å². The van der Waals surface area contributed by atoms with Crippen LogP contribution < -0.4 is 0 Å². The van der Waals surface area contributed by atoms with Crippen LogP contribution in [0.4, 0.5) is 13.2 Å². The van der Waals surface area contributed by atoms with Gasteiger partial charge in [-0.2, -0.15) is 18.4 Å². The summed E-state index contributed by atoms with van der Waals surface area (Å²) in [7, 11) is 1.08. The standard InChI is InChI=1S/C9H12F3NO/c1-14-8(9(10,11)12)4-2-7(6-13)3-5-8/h7H,2-5H2,1H3. The highest BCUT2D eigenvalue weighted by atomic mass is 19.4. The van der Waals surface area contributed by atoms with Gasteiger partial charge in [0.15, 0.2) is 5.60 Å². The number of hydrogen-bond donors (Lipinski definition) is 0. The molecular weight excluding hydrogens is 195 g/mol. The van der Waals surface area contributed by atoms with Crippen molar-refractivity contribution in [3.63, 3.8) is 0 Å². The van der Waals surface area contributed by atoms with Crippen molar-refractivity contribution in [2.24, 2.45) is 5.92 Å². The van der Waals surface area contributed by atoms with Crippen LogP contribution in [0, 0.1) is 17.2 Å². The smallest absolute Gasteiger partial charge is 0.369 e. The summed E-state index contributed by atoms with van der Waals surface area (Å²) in [5.41, 5.74) is -2.01. The average molecular weight is 207 g/mol. The Morgan fingerprint density at radius 2 is 1.86 bits per heavy atom. The molecule has 0 saturated heterocycles. The van der Waals surface area contributed by atoms with Crippen molar-refractivity contribution >= 4 is 0 Å². The molecule has 14 heavy (non-hydrogen) atoms. The van der Waals surface area contributed by atoms with E-state index in [1.54, 1.807) is 0 Å². The van der Waals surface area contributed by atoms with Crippen LogP contribution in [0.1, 0.15) is 25.7 Å². The van der Waals surface area contributed by atoms with E-state index in [4.69, 9.17) is 5.26 Å². The third kappa shape index (κ3) is 1.85. The first kappa shape index (κ1) is 11.3. The minimum absolute atomic E-state index is 0.106. The van der Waals surface area contributed by atoms with Crippen molar-refractivity contribution in [1.82, 2.24) is 0 Å². The summed E-state index contributed by atoms with van der Waals surface area (Å²) in [5, 5.41) is 8.56. The van der Waals surface area contributed by atoms with Gasteiger partial charge in [0, 0.05) is 13.0 Å². The zero-order chi connectivity index (χ0) is 10.8. The maximum absolute atomic E-state index is 12.6. The predicted molar refractivity (Wildman–Crippen MR) is 43.4 cm³/mol. The van der Waals surface area contributed by atoms with Gasteiger partial charge in [0.05, 0.1) is 6.07 Å². The van der Waals surface area contributed by atoms with Crippen molar-refractivity contribution in [3.05, 3.63) is 0 Å². The summed E-state index contributed by atoms with van der Waals surface area (Å²) in [6, 6.07) is 1.99. The molecule has 1 saturated carbocycles. The van der Waals surface area contributed by atoms with E-state index in [1.807, 2.05) is 6.07 Å². The number of alkyl halides is 3. The van der Waals surface area contributed by atoms with Crippen LogP contribution in [0.25, 0.3) is 0 Å². The molecule has 0 aliphatic heterocycles. The molecule has 0 aromatic heterocycles. The van der Waals surface area contributed by atoms with Crippen molar-refractivity contribution in [1.29, 1.82) is 5.26 Å². The van der Waals surface area contributed by atoms with E-state index in [0.717, 1.165) is 7.11 Å². The van der Waals surface area contributed by atoms with E-state index < -0.39 is 11.8 Å². The lowest BCUT2D eigenvalue weighted by atomic mass is 9.79. The summed E-state index contributed by atoms with van der Waals surface area (Å²) >= 11 is 0. The molecule has 0 bridgehead atoms. The summed E-state index contributed by atoms with van der Waals surface area (Å²) in [6.07, 6.45) is -4.01. The number of hydrogen-bond acceptors (Lipinski definition) is 2. The highest BCUT2D eigenvalue weighted by Crippen LogP contribution is 2.45. The second-order valence-electron chi connectivity index (χ2n) is 3.60. The molecule has 0 aromatic rings. The van der Waals surface area contributed by atoms with Gasteiger partial charge in [0.25, 0.3) is 0 Å². The summed E-state index contributed by atoms with van der Waals surface area (Å²) in [4.78, 5) is 0. The maximum Gasteiger partial charge on any atom is 0.417 e. The van der Waals surface area contributed by atoms with E-state index in [-0.39, 0.29) is 31.6 Å². The zero-order valence-corrected chi connectivity index (χ0v) is 7.90. The predicted octanol–water partition coefficient (Wildman–Crippen LogP) is 2.65. The molecule has 80 valence electrons. The van der Waals surface area contributed by atoms with Gasteiger partial charge in [-0.1, -0.05) is 0 Å². The summed E-state index contributed by atoms with van der Waals surface area (Å²) in [5.74, 6) is -0.249. The van der Waals surface area contributed by atoms with Gasteiger partial charge in [0.2, 0.25) is 0 Å². The molecule has 0 amide bonds. The van der Waals surface area contributed by atoms with Gasteiger partial charge in [-0.05, 0) is 25.7 Å². The fraction of sp³-hybridized carbons (Fsp3) is 0.889. The van der Waals surface area contributed by atoms with Crippen LogP contribution in [0.15, 0.2) is 0 Å². The highest BCUT2D eigenvalue weighted by Gasteiger charge is 2.56. The molecule has 0 radical (unpaired) electrons. The first-order valence-electron chi connectivity index (χ1n) is 4.47. The van der Waals surface area contributed by atoms with Crippen molar-refractivity contribution < 1.29 is 17.9 Å². The Bertz CT molecular complexity index is 235. The second kappa shape index (κ2) is 3.77. The molecule has 0 atom stereocenters. The topological polar surface area (TPSA) is 33.0 Å². The molecule has 0 N–H and O–H groups in total. The number of halogens is 3. The van der Waals surface area contributed by atoms with Crippen LogP contribution in [0.5, 0.6) is 0 Å².